The summed E-state index contributed by atoms with van der Waals surface area (Å²) in [5, 5.41) is 19.9. The molecular weight excluding hydrogens is 379 g/mol. The maximum absolute atomic E-state index is 13.6. The van der Waals surface area contributed by atoms with Gasteiger partial charge in [0, 0.05) is 11.1 Å². The number of aliphatic hydroxyl groups is 2. The van der Waals surface area contributed by atoms with Crippen LogP contribution in [0.25, 0.3) is 0 Å². The van der Waals surface area contributed by atoms with Gasteiger partial charge in [-0.25, -0.2) is 4.39 Å². The van der Waals surface area contributed by atoms with Crippen molar-refractivity contribution in [2.24, 2.45) is 0 Å². The predicted octanol–water partition coefficient (Wildman–Crippen LogP) is 2.69. The van der Waals surface area contributed by atoms with Crippen LogP contribution in [0.15, 0.2) is 42.5 Å². The zero-order valence-electron chi connectivity index (χ0n) is 16.3. The molecule has 2 aliphatic heterocycles. The fraction of sp³-hybridized carbons (Fsp3) is 0.455. The fourth-order valence-corrected chi connectivity index (χ4v) is 3.67. The molecule has 6 atom stereocenters. The first-order chi connectivity index (χ1) is 14.0. The summed E-state index contributed by atoms with van der Waals surface area (Å²) in [6.45, 7) is 3.76. The van der Waals surface area contributed by atoms with E-state index < -0.39 is 49.4 Å². The minimum absolute atomic E-state index is 0.214. The van der Waals surface area contributed by atoms with E-state index in [1.165, 1.54) is 17.7 Å². The molecule has 0 saturated carbocycles. The van der Waals surface area contributed by atoms with Gasteiger partial charge in [-0.15, -0.1) is 0 Å². The van der Waals surface area contributed by atoms with E-state index in [0.717, 1.165) is 11.1 Å². The van der Waals surface area contributed by atoms with Crippen LogP contribution in [-0.2, 0) is 18.9 Å². The maximum Gasteiger partial charge on any atom is 0.185 e. The molecule has 0 aromatic heterocycles. The average Bonchev–Trinajstić information content (AvgIpc) is 2.74. The summed E-state index contributed by atoms with van der Waals surface area (Å²) in [5.74, 6) is -0.415. The molecule has 6 nitrogen and oxygen atoms in total. The molecule has 2 aliphatic rings. The van der Waals surface area contributed by atoms with E-state index in [0.29, 0.717) is 5.56 Å². The molecule has 2 N–H and O–H groups in total. The number of benzene rings is 2. The number of hydrogen-bond donors (Lipinski definition) is 2. The Bertz CT molecular complexity index is 859. The number of hydrogen-bond acceptors (Lipinski definition) is 6. The van der Waals surface area contributed by atoms with Crippen molar-refractivity contribution in [1.29, 1.82) is 0 Å². The monoisotopic (exact) mass is 404 g/mol. The van der Waals surface area contributed by atoms with Crippen LogP contribution in [0.4, 0.5) is 4.39 Å². The summed E-state index contributed by atoms with van der Waals surface area (Å²) >= 11 is 0. The topological polar surface area (TPSA) is 77.4 Å². The van der Waals surface area contributed by atoms with Crippen LogP contribution in [0, 0.1) is 19.7 Å². The Morgan fingerprint density at radius 3 is 2.52 bits per heavy atom. The van der Waals surface area contributed by atoms with Gasteiger partial charge in [-0.2, -0.15) is 0 Å². The van der Waals surface area contributed by atoms with Crippen molar-refractivity contribution in [1.82, 2.24) is 0 Å². The van der Waals surface area contributed by atoms with Gasteiger partial charge in [-0.3, -0.25) is 0 Å². The molecular formula is C22H25FO6. The third-order valence-corrected chi connectivity index (χ3v) is 5.45. The van der Waals surface area contributed by atoms with E-state index in [2.05, 4.69) is 0 Å². The quantitative estimate of drug-likeness (QED) is 0.816. The fourth-order valence-electron chi connectivity index (χ4n) is 3.67. The second kappa shape index (κ2) is 8.47. The lowest BCUT2D eigenvalue weighted by atomic mass is 9.99. The first-order valence-corrected chi connectivity index (χ1v) is 9.66. The lowest BCUT2D eigenvalue weighted by Crippen LogP contribution is -2.58. The van der Waals surface area contributed by atoms with Gasteiger partial charge in [0.2, 0.25) is 0 Å². The Morgan fingerprint density at radius 1 is 1.00 bits per heavy atom. The smallest absolute Gasteiger partial charge is 0.185 e. The second-order valence-corrected chi connectivity index (χ2v) is 7.52. The highest BCUT2D eigenvalue weighted by Crippen LogP contribution is 2.39. The molecule has 2 unspecified atom stereocenters. The number of aryl methyl sites for hydroxylation is 2. The van der Waals surface area contributed by atoms with Crippen molar-refractivity contribution in [3.63, 3.8) is 0 Å². The lowest BCUT2D eigenvalue weighted by molar-refractivity contribution is -0.373. The van der Waals surface area contributed by atoms with E-state index in [1.807, 2.05) is 32.0 Å². The van der Waals surface area contributed by atoms with Crippen molar-refractivity contribution in [2.75, 3.05) is 13.2 Å². The molecule has 0 spiro atoms. The van der Waals surface area contributed by atoms with Gasteiger partial charge in [-0.1, -0.05) is 30.3 Å². The third-order valence-electron chi connectivity index (χ3n) is 5.45. The third kappa shape index (κ3) is 4.21. The van der Waals surface area contributed by atoms with Crippen molar-refractivity contribution < 1.29 is 33.6 Å². The highest BCUT2D eigenvalue weighted by Gasteiger charge is 2.48. The van der Waals surface area contributed by atoms with Crippen LogP contribution < -0.4 is 0 Å². The standard InChI is InChI=1S/C22H25FO6/c1-12-6-7-15(8-13(12)2)21-26-11-18-20(29-21)19(17(25)10-24)28-22(27-18)14-4-3-5-16(23)9-14/h3-9,17-22,24-25H,10-11H2,1-2H3/t17-,18+,19-,20-,21?,22?/m1/s1. The van der Waals surface area contributed by atoms with Gasteiger partial charge in [0.25, 0.3) is 0 Å². The molecule has 0 aliphatic carbocycles. The van der Waals surface area contributed by atoms with Crippen LogP contribution in [0.1, 0.15) is 34.8 Å². The van der Waals surface area contributed by atoms with Crippen LogP contribution in [0.5, 0.6) is 0 Å². The van der Waals surface area contributed by atoms with Crippen molar-refractivity contribution >= 4 is 0 Å². The zero-order valence-corrected chi connectivity index (χ0v) is 16.3. The molecule has 7 heteroatoms. The average molecular weight is 404 g/mol. The number of ether oxygens (including phenoxy) is 4. The summed E-state index contributed by atoms with van der Waals surface area (Å²) in [6.07, 6.45) is -4.76. The number of fused-ring (bicyclic) bond motifs is 1. The molecule has 4 rings (SSSR count). The summed E-state index contributed by atoms with van der Waals surface area (Å²) in [6, 6.07) is 11.8. The molecule has 2 saturated heterocycles. The minimum Gasteiger partial charge on any atom is -0.394 e. The molecule has 2 heterocycles. The molecule has 0 amide bonds. The largest absolute Gasteiger partial charge is 0.394 e. The number of aliphatic hydroxyl groups excluding tert-OH is 2. The van der Waals surface area contributed by atoms with Crippen molar-refractivity contribution in [3.8, 4) is 0 Å². The molecule has 2 fully saturated rings. The normalized spacial score (nSPS) is 30.6. The minimum atomic E-state index is -1.18. The van der Waals surface area contributed by atoms with Gasteiger partial charge in [0.1, 0.15) is 30.2 Å². The lowest BCUT2D eigenvalue weighted by Gasteiger charge is -2.47. The Labute approximate surface area is 168 Å². The molecule has 0 radical (unpaired) electrons. The van der Waals surface area contributed by atoms with E-state index in [4.69, 9.17) is 18.9 Å². The van der Waals surface area contributed by atoms with Gasteiger partial charge in [-0.05, 0) is 37.1 Å². The molecule has 29 heavy (non-hydrogen) atoms. The predicted molar refractivity (Wildman–Crippen MR) is 101 cm³/mol. The maximum atomic E-state index is 13.6. The van der Waals surface area contributed by atoms with Gasteiger partial charge in [0.05, 0.1) is 13.2 Å². The van der Waals surface area contributed by atoms with Crippen molar-refractivity contribution in [3.05, 3.63) is 70.5 Å². The van der Waals surface area contributed by atoms with Crippen LogP contribution in [0.3, 0.4) is 0 Å². The molecule has 156 valence electrons. The molecule has 0 bridgehead atoms. The number of rotatable bonds is 4. The summed E-state index contributed by atoms with van der Waals surface area (Å²) in [7, 11) is 0. The molecule has 2 aromatic rings. The van der Waals surface area contributed by atoms with Crippen LogP contribution >= 0.6 is 0 Å². The Balaban J connectivity index is 1.57. The van der Waals surface area contributed by atoms with Crippen LogP contribution in [0.2, 0.25) is 0 Å². The van der Waals surface area contributed by atoms with Gasteiger partial charge < -0.3 is 29.2 Å². The molecule has 2 aromatic carbocycles. The highest BCUT2D eigenvalue weighted by molar-refractivity contribution is 5.30. The summed E-state index contributed by atoms with van der Waals surface area (Å²) < 4.78 is 37.5. The van der Waals surface area contributed by atoms with E-state index in [1.54, 1.807) is 12.1 Å². The highest BCUT2D eigenvalue weighted by atomic mass is 19.1. The first-order valence-electron chi connectivity index (χ1n) is 9.66. The van der Waals surface area contributed by atoms with Crippen LogP contribution in [-0.4, -0.2) is 47.8 Å². The Kier molecular flexibility index (Phi) is 5.96. The van der Waals surface area contributed by atoms with E-state index >= 15 is 0 Å². The summed E-state index contributed by atoms with van der Waals surface area (Å²) in [5.41, 5.74) is 3.62. The van der Waals surface area contributed by atoms with E-state index in [-0.39, 0.29) is 6.61 Å². The van der Waals surface area contributed by atoms with E-state index in [9.17, 15) is 14.6 Å². The SMILES string of the molecule is Cc1ccc(C2OC[C@@H]3OC(c4cccc(F)c4)O[C@H]([C@H](O)CO)[C@@H]3O2)cc1C. The van der Waals surface area contributed by atoms with Gasteiger partial charge in [0.15, 0.2) is 12.6 Å². The Hall–Kier alpha value is -1.87. The van der Waals surface area contributed by atoms with Gasteiger partial charge >= 0.3 is 0 Å². The Morgan fingerprint density at radius 2 is 1.79 bits per heavy atom. The summed E-state index contributed by atoms with van der Waals surface area (Å²) in [4.78, 5) is 0. The van der Waals surface area contributed by atoms with Crippen molar-refractivity contribution in [2.45, 2.75) is 50.8 Å². The number of halogens is 1. The second-order valence-electron chi connectivity index (χ2n) is 7.52. The first kappa shape index (κ1) is 20.4. The zero-order chi connectivity index (χ0) is 20.5.